The molecule has 2 rings (SSSR count). The van der Waals surface area contributed by atoms with Crippen LogP contribution in [0.15, 0.2) is 29.2 Å². The summed E-state index contributed by atoms with van der Waals surface area (Å²) in [6, 6.07) is 7.17. The maximum absolute atomic E-state index is 12.0. The molecule has 0 amide bonds. The van der Waals surface area contributed by atoms with Gasteiger partial charge >= 0.3 is 0 Å². The summed E-state index contributed by atoms with van der Waals surface area (Å²) in [6.07, 6.45) is 0.763. The highest BCUT2D eigenvalue weighted by atomic mass is 32.2. The van der Waals surface area contributed by atoms with Crippen LogP contribution >= 0.6 is 0 Å². The quantitative estimate of drug-likeness (QED) is 0.752. The van der Waals surface area contributed by atoms with Gasteiger partial charge in [-0.15, -0.1) is 0 Å². The lowest BCUT2D eigenvalue weighted by Crippen LogP contribution is -2.48. The number of hydrogen-bond donors (Lipinski definition) is 1. The van der Waals surface area contributed by atoms with Crippen LogP contribution in [-0.4, -0.2) is 14.5 Å². The molecule has 88 valence electrons. The van der Waals surface area contributed by atoms with Gasteiger partial charge in [0.15, 0.2) is 0 Å². The normalized spacial score (nSPS) is 23.8. The molecule has 1 aromatic rings. The molecule has 1 atom stereocenters. The lowest BCUT2D eigenvalue weighted by molar-refractivity contribution is 0.291. The third kappa shape index (κ3) is 1.99. The second-order valence-electron chi connectivity index (χ2n) is 5.35. The highest BCUT2D eigenvalue weighted by Crippen LogP contribution is 2.30. The Morgan fingerprint density at radius 2 is 1.88 bits per heavy atom. The first-order valence-corrected chi connectivity index (χ1v) is 6.89. The molecule has 1 N–H and O–H groups in total. The zero-order valence-electron chi connectivity index (χ0n) is 9.82. The number of hydrogen-bond acceptors (Lipinski definition) is 2. The van der Waals surface area contributed by atoms with Crippen molar-refractivity contribution in [2.45, 2.75) is 38.1 Å². The van der Waals surface area contributed by atoms with Crippen LogP contribution in [0.5, 0.6) is 0 Å². The molecule has 0 fully saturated rings. The molecule has 16 heavy (non-hydrogen) atoms. The summed E-state index contributed by atoms with van der Waals surface area (Å²) in [7, 11) is -3.32. The zero-order valence-corrected chi connectivity index (χ0v) is 10.6. The van der Waals surface area contributed by atoms with Crippen molar-refractivity contribution in [2.75, 3.05) is 0 Å². The van der Waals surface area contributed by atoms with Crippen molar-refractivity contribution >= 4 is 10.0 Å². The average Bonchev–Trinajstić information content (AvgIpc) is 2.15. The number of sulfonamides is 1. The van der Waals surface area contributed by atoms with Gasteiger partial charge in [-0.2, -0.15) is 0 Å². The van der Waals surface area contributed by atoms with E-state index in [-0.39, 0.29) is 11.5 Å². The first-order chi connectivity index (χ1) is 7.31. The minimum absolute atomic E-state index is 0.0348. The van der Waals surface area contributed by atoms with Crippen LogP contribution in [0.1, 0.15) is 26.3 Å². The summed E-state index contributed by atoms with van der Waals surface area (Å²) in [5.41, 5.74) is 0.849. The lowest BCUT2D eigenvalue weighted by Gasteiger charge is -2.35. The standard InChI is InChI=1S/C12H17NO2S/c1-12(2,3)11-8-9-6-4-5-7-10(9)16(14,15)13-11/h4-7,11,13H,8H2,1-3H3. The summed E-state index contributed by atoms with van der Waals surface area (Å²) < 4.78 is 26.8. The van der Waals surface area contributed by atoms with E-state index in [1.54, 1.807) is 12.1 Å². The molecular formula is C12H17NO2S. The van der Waals surface area contributed by atoms with Gasteiger partial charge in [-0.1, -0.05) is 39.0 Å². The summed E-state index contributed by atoms with van der Waals surface area (Å²) in [5, 5.41) is 0. The van der Waals surface area contributed by atoms with E-state index in [1.165, 1.54) is 0 Å². The molecule has 0 aliphatic carbocycles. The fourth-order valence-corrected chi connectivity index (χ4v) is 3.62. The number of benzene rings is 1. The van der Waals surface area contributed by atoms with Crippen LogP contribution in [0, 0.1) is 5.41 Å². The molecule has 1 aromatic carbocycles. The molecule has 1 unspecified atom stereocenters. The molecule has 1 aliphatic heterocycles. The second-order valence-corrected chi connectivity index (χ2v) is 7.03. The summed E-state index contributed by atoms with van der Waals surface area (Å²) in [6.45, 7) is 6.15. The highest BCUT2D eigenvalue weighted by Gasteiger charge is 2.35. The van der Waals surface area contributed by atoms with Gasteiger partial charge < -0.3 is 0 Å². The maximum atomic E-state index is 12.0. The van der Waals surface area contributed by atoms with Crippen molar-refractivity contribution in [3.05, 3.63) is 29.8 Å². The Kier molecular flexibility index (Phi) is 2.59. The summed E-state index contributed by atoms with van der Waals surface area (Å²) in [4.78, 5) is 0.426. The lowest BCUT2D eigenvalue weighted by atomic mass is 9.83. The number of fused-ring (bicyclic) bond motifs is 1. The Labute approximate surface area is 96.9 Å². The first kappa shape index (κ1) is 11.6. The van der Waals surface area contributed by atoms with E-state index in [4.69, 9.17) is 0 Å². The molecule has 0 spiro atoms. The monoisotopic (exact) mass is 239 g/mol. The van der Waals surface area contributed by atoms with Gasteiger partial charge in [0.05, 0.1) is 4.90 Å². The molecule has 1 heterocycles. The van der Waals surface area contributed by atoms with Crippen molar-refractivity contribution in [3.8, 4) is 0 Å². The zero-order chi connectivity index (χ0) is 12.0. The largest absolute Gasteiger partial charge is 0.241 e. The summed E-state index contributed by atoms with van der Waals surface area (Å²) in [5.74, 6) is 0. The van der Waals surface area contributed by atoms with Gasteiger partial charge in [-0.05, 0) is 23.5 Å². The third-order valence-corrected chi connectivity index (χ3v) is 4.60. The van der Waals surface area contributed by atoms with Crippen molar-refractivity contribution in [2.24, 2.45) is 5.41 Å². The number of nitrogens with one attached hydrogen (secondary N) is 1. The SMILES string of the molecule is CC(C)(C)C1Cc2ccccc2S(=O)(=O)N1. The predicted octanol–water partition coefficient (Wildman–Crippen LogP) is 1.94. The van der Waals surface area contributed by atoms with Crippen LogP contribution in [-0.2, 0) is 16.4 Å². The smallest absolute Gasteiger partial charge is 0.207 e. The predicted molar refractivity (Wildman–Crippen MR) is 63.7 cm³/mol. The highest BCUT2D eigenvalue weighted by molar-refractivity contribution is 7.89. The van der Waals surface area contributed by atoms with E-state index in [0.717, 1.165) is 12.0 Å². The molecule has 0 saturated carbocycles. The fourth-order valence-electron chi connectivity index (χ4n) is 1.93. The Morgan fingerprint density at radius 3 is 2.50 bits per heavy atom. The minimum Gasteiger partial charge on any atom is -0.207 e. The molecule has 4 heteroatoms. The topological polar surface area (TPSA) is 46.2 Å². The van der Waals surface area contributed by atoms with E-state index < -0.39 is 10.0 Å². The third-order valence-electron chi connectivity index (χ3n) is 3.03. The van der Waals surface area contributed by atoms with Gasteiger partial charge in [-0.3, -0.25) is 0 Å². The molecular weight excluding hydrogens is 222 g/mol. The van der Waals surface area contributed by atoms with Gasteiger partial charge in [-0.25, -0.2) is 13.1 Å². The van der Waals surface area contributed by atoms with Crippen molar-refractivity contribution in [3.63, 3.8) is 0 Å². The van der Waals surface area contributed by atoms with E-state index in [1.807, 2.05) is 32.9 Å². The Bertz CT molecular complexity index is 500. The van der Waals surface area contributed by atoms with Crippen LogP contribution in [0.4, 0.5) is 0 Å². The van der Waals surface area contributed by atoms with Gasteiger partial charge in [0.1, 0.15) is 0 Å². The van der Waals surface area contributed by atoms with Crippen molar-refractivity contribution in [1.82, 2.24) is 4.72 Å². The van der Waals surface area contributed by atoms with E-state index in [0.29, 0.717) is 4.90 Å². The van der Waals surface area contributed by atoms with Gasteiger partial charge in [0, 0.05) is 6.04 Å². The average molecular weight is 239 g/mol. The van der Waals surface area contributed by atoms with Crippen LogP contribution in [0.3, 0.4) is 0 Å². The Balaban J connectivity index is 2.50. The second kappa shape index (κ2) is 3.57. The van der Waals surface area contributed by atoms with Crippen LogP contribution in [0.25, 0.3) is 0 Å². The van der Waals surface area contributed by atoms with Gasteiger partial charge in [0.2, 0.25) is 10.0 Å². The summed E-state index contributed by atoms with van der Waals surface area (Å²) >= 11 is 0. The Hall–Kier alpha value is -0.870. The van der Waals surface area contributed by atoms with Crippen molar-refractivity contribution < 1.29 is 8.42 Å². The van der Waals surface area contributed by atoms with E-state index in [9.17, 15) is 8.42 Å². The van der Waals surface area contributed by atoms with E-state index in [2.05, 4.69) is 4.72 Å². The van der Waals surface area contributed by atoms with Crippen LogP contribution in [0.2, 0.25) is 0 Å². The molecule has 0 aromatic heterocycles. The van der Waals surface area contributed by atoms with E-state index >= 15 is 0 Å². The fraction of sp³-hybridized carbons (Fsp3) is 0.500. The Morgan fingerprint density at radius 1 is 1.25 bits per heavy atom. The van der Waals surface area contributed by atoms with Gasteiger partial charge in [0.25, 0.3) is 0 Å². The molecule has 3 nitrogen and oxygen atoms in total. The first-order valence-electron chi connectivity index (χ1n) is 5.41. The number of rotatable bonds is 0. The molecule has 1 aliphatic rings. The van der Waals surface area contributed by atoms with Crippen LogP contribution < -0.4 is 4.72 Å². The molecule has 0 radical (unpaired) electrons. The maximum Gasteiger partial charge on any atom is 0.241 e. The molecule has 0 bridgehead atoms. The van der Waals surface area contributed by atoms with Crippen molar-refractivity contribution in [1.29, 1.82) is 0 Å². The molecule has 0 saturated heterocycles. The minimum atomic E-state index is -3.32.